The van der Waals surface area contributed by atoms with Gasteiger partial charge in [-0.05, 0) is 23.3 Å². The Morgan fingerprint density at radius 1 is 0.684 bits per heavy atom. The second-order valence-electron chi connectivity index (χ2n) is 3.97. The SMILES string of the molecule is O=C1C=Cc2ccc(cc2)C=CC(=O)c2nnc1o2. The van der Waals surface area contributed by atoms with Gasteiger partial charge >= 0.3 is 0 Å². The van der Waals surface area contributed by atoms with Crippen molar-refractivity contribution in [3.8, 4) is 0 Å². The average molecular weight is 252 g/mol. The number of rotatable bonds is 0. The Morgan fingerprint density at radius 3 is 1.53 bits per heavy atom. The van der Waals surface area contributed by atoms with Crippen molar-refractivity contribution < 1.29 is 14.0 Å². The number of fused-ring (bicyclic) bond motifs is 4. The number of ketones is 2. The second kappa shape index (κ2) is 4.45. The van der Waals surface area contributed by atoms with Gasteiger partial charge in [0.25, 0.3) is 11.8 Å². The number of allylic oxidation sites excluding steroid dienone is 2. The summed E-state index contributed by atoms with van der Waals surface area (Å²) in [6.07, 6.45) is 5.98. The third-order valence-electron chi connectivity index (χ3n) is 2.64. The minimum absolute atomic E-state index is 0.192. The zero-order valence-electron chi connectivity index (χ0n) is 9.74. The van der Waals surface area contributed by atoms with Crippen molar-refractivity contribution in [1.29, 1.82) is 0 Å². The van der Waals surface area contributed by atoms with Gasteiger partial charge < -0.3 is 4.42 Å². The molecule has 5 heteroatoms. The molecule has 0 N–H and O–H groups in total. The Balaban J connectivity index is 2.12. The molecule has 1 aromatic heterocycles. The van der Waals surface area contributed by atoms with Crippen molar-refractivity contribution in [2.24, 2.45) is 0 Å². The molecule has 0 fully saturated rings. The Labute approximate surface area is 108 Å². The number of nitrogens with zero attached hydrogens (tertiary/aromatic N) is 2. The normalized spacial score (nSPS) is 14.1. The molecule has 2 aliphatic rings. The average Bonchev–Trinajstić information content (AvgIpc) is 2.92. The molecule has 3 heterocycles. The van der Waals surface area contributed by atoms with Crippen LogP contribution >= 0.6 is 0 Å². The zero-order chi connectivity index (χ0) is 13.2. The first kappa shape index (κ1) is 11.3. The maximum atomic E-state index is 11.7. The van der Waals surface area contributed by atoms with Crippen LogP contribution in [0.15, 0.2) is 40.8 Å². The number of carbonyl (C=O) groups is 2. The molecule has 4 rings (SSSR count). The van der Waals surface area contributed by atoms with Gasteiger partial charge in [0.1, 0.15) is 0 Å². The summed E-state index contributed by atoms with van der Waals surface area (Å²) in [7, 11) is 0. The molecule has 92 valence electrons. The summed E-state index contributed by atoms with van der Waals surface area (Å²) in [5.41, 5.74) is 1.74. The van der Waals surface area contributed by atoms with Crippen molar-refractivity contribution in [2.45, 2.75) is 0 Å². The van der Waals surface area contributed by atoms with Gasteiger partial charge in [-0.3, -0.25) is 9.59 Å². The van der Waals surface area contributed by atoms with Crippen molar-refractivity contribution >= 4 is 23.7 Å². The summed E-state index contributed by atoms with van der Waals surface area (Å²) in [6, 6.07) is 7.41. The van der Waals surface area contributed by atoms with Gasteiger partial charge in [-0.15, -0.1) is 10.2 Å². The van der Waals surface area contributed by atoms with E-state index in [1.807, 2.05) is 24.3 Å². The Hall–Kier alpha value is -2.82. The fraction of sp³-hybridized carbons (Fsp3) is 0. The summed E-state index contributed by atoms with van der Waals surface area (Å²) in [4.78, 5) is 23.5. The van der Waals surface area contributed by atoms with E-state index < -0.39 is 11.6 Å². The van der Waals surface area contributed by atoms with Crippen molar-refractivity contribution in [3.63, 3.8) is 0 Å². The molecule has 19 heavy (non-hydrogen) atoms. The highest BCUT2D eigenvalue weighted by atomic mass is 16.4. The molecule has 0 unspecified atom stereocenters. The summed E-state index contributed by atoms with van der Waals surface area (Å²) in [5.74, 6) is -1.25. The molecule has 0 saturated heterocycles. The van der Waals surface area contributed by atoms with Crippen LogP contribution in [0, 0.1) is 0 Å². The van der Waals surface area contributed by atoms with E-state index in [0.29, 0.717) is 0 Å². The molecular weight excluding hydrogens is 244 g/mol. The van der Waals surface area contributed by atoms with Gasteiger partial charge in [0, 0.05) is 0 Å². The predicted molar refractivity (Wildman–Crippen MR) is 67.5 cm³/mol. The van der Waals surface area contributed by atoms with Crippen molar-refractivity contribution in [3.05, 3.63) is 59.3 Å². The monoisotopic (exact) mass is 252 g/mol. The third-order valence-corrected chi connectivity index (χ3v) is 2.64. The number of carbonyl (C=O) groups excluding carboxylic acids is 2. The number of hydrogen-bond acceptors (Lipinski definition) is 5. The van der Waals surface area contributed by atoms with Crippen LogP contribution in [0.4, 0.5) is 0 Å². The van der Waals surface area contributed by atoms with E-state index in [2.05, 4.69) is 10.2 Å². The van der Waals surface area contributed by atoms with E-state index >= 15 is 0 Å². The lowest BCUT2D eigenvalue weighted by molar-refractivity contribution is 0.0990. The summed E-state index contributed by atoms with van der Waals surface area (Å²) >= 11 is 0. The standard InChI is InChI=1S/C14H8N2O3/c17-11-7-5-9-1-2-10(4-3-9)6-8-12(18)14-16-15-13(11)19-14/h1-8H. The van der Waals surface area contributed by atoms with Crippen LogP contribution in [0.2, 0.25) is 0 Å². The molecular formula is C14H8N2O3. The molecule has 5 nitrogen and oxygen atoms in total. The highest BCUT2D eigenvalue weighted by Gasteiger charge is 2.16. The van der Waals surface area contributed by atoms with E-state index in [9.17, 15) is 9.59 Å². The fourth-order valence-electron chi connectivity index (χ4n) is 1.63. The van der Waals surface area contributed by atoms with Gasteiger partial charge in [0.15, 0.2) is 0 Å². The number of hydrogen-bond donors (Lipinski definition) is 0. The Bertz CT molecular complexity index is 649. The maximum absolute atomic E-state index is 11.7. The lowest BCUT2D eigenvalue weighted by Gasteiger charge is -1.95. The molecule has 0 amide bonds. The smallest absolute Gasteiger partial charge is 0.288 e. The van der Waals surface area contributed by atoms with E-state index in [4.69, 9.17) is 4.42 Å². The maximum Gasteiger partial charge on any atom is 0.288 e. The predicted octanol–water partition coefficient (Wildman–Crippen LogP) is 2.18. The van der Waals surface area contributed by atoms with Gasteiger partial charge in [0.2, 0.25) is 11.6 Å². The minimum Gasteiger partial charge on any atom is -0.410 e. The zero-order valence-corrected chi connectivity index (χ0v) is 9.74. The van der Waals surface area contributed by atoms with Crippen LogP contribution in [-0.2, 0) is 0 Å². The number of aromatic nitrogens is 2. The number of benzene rings is 1. The van der Waals surface area contributed by atoms with E-state index in [1.54, 1.807) is 12.2 Å². The highest BCUT2D eigenvalue weighted by Crippen LogP contribution is 2.11. The second-order valence-corrected chi connectivity index (χ2v) is 3.97. The molecule has 0 atom stereocenters. The van der Waals surface area contributed by atoms with Crippen molar-refractivity contribution in [2.75, 3.05) is 0 Å². The largest absolute Gasteiger partial charge is 0.410 e. The summed E-state index contributed by atoms with van der Waals surface area (Å²) in [6.45, 7) is 0. The van der Waals surface area contributed by atoms with Crippen LogP contribution in [0.5, 0.6) is 0 Å². The molecule has 2 aromatic rings. The van der Waals surface area contributed by atoms with Crippen LogP contribution in [-0.4, -0.2) is 21.8 Å². The van der Waals surface area contributed by atoms with Gasteiger partial charge in [-0.25, -0.2) is 0 Å². The van der Waals surface area contributed by atoms with Gasteiger partial charge in [-0.2, -0.15) is 0 Å². The van der Waals surface area contributed by atoms with E-state index in [-0.39, 0.29) is 11.8 Å². The van der Waals surface area contributed by atoms with Crippen LogP contribution in [0.3, 0.4) is 0 Å². The molecule has 4 bridgehead atoms. The Morgan fingerprint density at radius 2 is 1.11 bits per heavy atom. The Kier molecular flexibility index (Phi) is 2.64. The van der Waals surface area contributed by atoms with Crippen LogP contribution < -0.4 is 0 Å². The molecule has 0 radical (unpaired) electrons. The topological polar surface area (TPSA) is 73.1 Å². The van der Waals surface area contributed by atoms with Gasteiger partial charge in [0.05, 0.1) is 0 Å². The van der Waals surface area contributed by atoms with Crippen LogP contribution in [0.1, 0.15) is 32.5 Å². The minimum atomic E-state index is -0.432. The first-order chi connectivity index (χ1) is 9.22. The lowest BCUT2D eigenvalue weighted by atomic mass is 10.1. The van der Waals surface area contributed by atoms with Gasteiger partial charge in [-0.1, -0.05) is 36.4 Å². The fourth-order valence-corrected chi connectivity index (χ4v) is 1.63. The van der Waals surface area contributed by atoms with Crippen molar-refractivity contribution in [1.82, 2.24) is 10.2 Å². The lowest BCUT2D eigenvalue weighted by Crippen LogP contribution is -1.94. The van der Waals surface area contributed by atoms with E-state index in [1.165, 1.54) is 12.2 Å². The molecule has 1 aromatic carbocycles. The first-order valence-corrected chi connectivity index (χ1v) is 5.61. The summed E-state index contributed by atoms with van der Waals surface area (Å²) in [5, 5.41) is 7.11. The first-order valence-electron chi connectivity index (χ1n) is 5.61. The molecule has 0 saturated carbocycles. The molecule has 0 aliphatic carbocycles. The third kappa shape index (κ3) is 2.26. The molecule has 2 aliphatic heterocycles. The summed E-state index contributed by atoms with van der Waals surface area (Å²) < 4.78 is 5.03. The van der Waals surface area contributed by atoms with Crippen LogP contribution in [0.25, 0.3) is 12.2 Å². The van der Waals surface area contributed by atoms with E-state index in [0.717, 1.165) is 11.1 Å². The highest BCUT2D eigenvalue weighted by molar-refractivity contribution is 6.06. The quantitative estimate of drug-likeness (QED) is 0.718. The molecule has 0 spiro atoms.